The third-order valence-electron chi connectivity index (χ3n) is 2.87. The predicted octanol–water partition coefficient (Wildman–Crippen LogP) is 1.41. The number of aryl methyl sites for hydroxylation is 2. The zero-order valence-corrected chi connectivity index (χ0v) is 12.5. The number of imidazole rings is 1. The second-order valence-electron chi connectivity index (χ2n) is 4.12. The van der Waals surface area contributed by atoms with Gasteiger partial charge in [0.2, 0.25) is 0 Å². The second-order valence-corrected chi connectivity index (χ2v) is 4.92. The summed E-state index contributed by atoms with van der Waals surface area (Å²) >= 11 is 3.31. The number of hydrogen-bond acceptors (Lipinski definition) is 4. The van der Waals surface area contributed by atoms with Crippen molar-refractivity contribution in [3.05, 3.63) is 39.2 Å². The third kappa shape index (κ3) is 3.04. The van der Waals surface area contributed by atoms with E-state index < -0.39 is 0 Å². The molecule has 0 radical (unpaired) electrons. The molecule has 7 heteroatoms. The van der Waals surface area contributed by atoms with Gasteiger partial charge in [0.15, 0.2) is 0 Å². The van der Waals surface area contributed by atoms with Gasteiger partial charge in [-0.15, -0.1) is 0 Å². The Kier molecular flexibility index (Phi) is 4.36. The largest absolute Gasteiger partial charge is 0.382 e. The fourth-order valence-electron chi connectivity index (χ4n) is 1.76. The van der Waals surface area contributed by atoms with E-state index in [1.54, 1.807) is 12.4 Å². The number of rotatable bonds is 5. The normalized spacial score (nSPS) is 10.7. The van der Waals surface area contributed by atoms with Gasteiger partial charge in [0.05, 0.1) is 11.9 Å². The predicted molar refractivity (Wildman–Crippen MR) is 77.3 cm³/mol. The molecule has 0 saturated carbocycles. The fourth-order valence-corrected chi connectivity index (χ4v) is 2.21. The summed E-state index contributed by atoms with van der Waals surface area (Å²) in [6, 6.07) is 0. The number of nitrogens with one attached hydrogen (secondary N) is 1. The van der Waals surface area contributed by atoms with Crippen molar-refractivity contribution in [2.45, 2.75) is 19.9 Å². The van der Waals surface area contributed by atoms with Gasteiger partial charge in [-0.2, -0.15) is 5.10 Å². The van der Waals surface area contributed by atoms with Crippen molar-refractivity contribution in [3.63, 3.8) is 0 Å². The molecule has 0 unspecified atom stereocenters. The average Bonchev–Trinajstić information content (AvgIpc) is 2.81. The molecule has 0 aliphatic rings. The van der Waals surface area contributed by atoms with Gasteiger partial charge in [0, 0.05) is 39.0 Å². The highest BCUT2D eigenvalue weighted by Gasteiger charge is 2.07. The van der Waals surface area contributed by atoms with Crippen LogP contribution in [0.2, 0.25) is 0 Å². The van der Waals surface area contributed by atoms with E-state index in [0.29, 0.717) is 23.2 Å². The van der Waals surface area contributed by atoms with Crippen molar-refractivity contribution in [1.82, 2.24) is 19.3 Å². The maximum absolute atomic E-state index is 11.9. The molecule has 1 N–H and O–H groups in total. The second kappa shape index (κ2) is 6.01. The van der Waals surface area contributed by atoms with E-state index in [9.17, 15) is 4.79 Å². The molecule has 6 nitrogen and oxygen atoms in total. The fraction of sp³-hybridized carbons (Fsp3) is 0.417. The van der Waals surface area contributed by atoms with Crippen LogP contribution in [0.5, 0.6) is 0 Å². The molecule has 102 valence electrons. The van der Waals surface area contributed by atoms with E-state index in [0.717, 1.165) is 12.2 Å². The first-order chi connectivity index (χ1) is 9.13. The van der Waals surface area contributed by atoms with Crippen LogP contribution in [0.3, 0.4) is 0 Å². The average molecular weight is 326 g/mol. The van der Waals surface area contributed by atoms with Crippen LogP contribution >= 0.6 is 15.9 Å². The van der Waals surface area contributed by atoms with Crippen molar-refractivity contribution < 1.29 is 0 Å². The van der Waals surface area contributed by atoms with Crippen molar-refractivity contribution in [1.29, 1.82) is 0 Å². The number of halogens is 1. The van der Waals surface area contributed by atoms with E-state index in [2.05, 4.69) is 31.3 Å². The van der Waals surface area contributed by atoms with Gasteiger partial charge in [-0.25, -0.2) is 9.67 Å². The number of anilines is 1. The summed E-state index contributed by atoms with van der Waals surface area (Å²) in [4.78, 5) is 16.1. The molecule has 2 aromatic rings. The van der Waals surface area contributed by atoms with E-state index >= 15 is 0 Å². The Bertz CT molecular complexity index is 619. The molecular formula is C12H16BrN5O. The lowest BCUT2D eigenvalue weighted by atomic mass is 10.3. The summed E-state index contributed by atoms with van der Waals surface area (Å²) < 4.78 is 3.90. The molecule has 2 heterocycles. The maximum Gasteiger partial charge on any atom is 0.283 e. The lowest BCUT2D eigenvalue weighted by Crippen LogP contribution is -2.24. The van der Waals surface area contributed by atoms with Crippen LogP contribution in [0.1, 0.15) is 12.7 Å². The molecule has 0 atom stereocenters. The minimum atomic E-state index is -0.121. The molecule has 0 fully saturated rings. The SMILES string of the molecule is CCn1ncc(NCCc2nccn2C)c(Br)c1=O. The highest BCUT2D eigenvalue weighted by molar-refractivity contribution is 9.10. The first kappa shape index (κ1) is 13.8. The summed E-state index contributed by atoms with van der Waals surface area (Å²) in [5.41, 5.74) is 0.591. The van der Waals surface area contributed by atoms with Crippen LogP contribution in [-0.4, -0.2) is 25.9 Å². The quantitative estimate of drug-likeness (QED) is 0.902. The molecule has 2 aromatic heterocycles. The summed E-state index contributed by atoms with van der Waals surface area (Å²) in [5.74, 6) is 0.999. The van der Waals surface area contributed by atoms with Crippen molar-refractivity contribution >= 4 is 21.6 Å². The Balaban J connectivity index is 2.02. The van der Waals surface area contributed by atoms with Gasteiger partial charge in [-0.1, -0.05) is 0 Å². The van der Waals surface area contributed by atoms with Gasteiger partial charge < -0.3 is 9.88 Å². The maximum atomic E-state index is 11.9. The minimum Gasteiger partial charge on any atom is -0.382 e. The standard InChI is InChI=1S/C12H16BrN5O/c1-3-18-12(19)11(13)9(8-16-18)14-5-4-10-15-6-7-17(10)2/h6-8,14H,3-5H2,1-2H3. The molecular weight excluding hydrogens is 310 g/mol. The summed E-state index contributed by atoms with van der Waals surface area (Å²) in [7, 11) is 1.96. The van der Waals surface area contributed by atoms with Crippen LogP contribution in [0.25, 0.3) is 0 Å². The molecule has 19 heavy (non-hydrogen) atoms. The van der Waals surface area contributed by atoms with Crippen LogP contribution in [0, 0.1) is 0 Å². The zero-order valence-electron chi connectivity index (χ0n) is 10.9. The van der Waals surface area contributed by atoms with Crippen LogP contribution in [0.15, 0.2) is 27.9 Å². The van der Waals surface area contributed by atoms with E-state index in [1.807, 2.05) is 24.7 Å². The van der Waals surface area contributed by atoms with Gasteiger partial charge >= 0.3 is 0 Å². The Morgan fingerprint density at radius 1 is 1.47 bits per heavy atom. The lowest BCUT2D eigenvalue weighted by molar-refractivity contribution is 0.612. The highest BCUT2D eigenvalue weighted by atomic mass is 79.9. The van der Waals surface area contributed by atoms with E-state index in [4.69, 9.17) is 0 Å². The first-order valence-corrected chi connectivity index (χ1v) is 6.88. The number of aromatic nitrogens is 4. The topological polar surface area (TPSA) is 64.7 Å². The highest BCUT2D eigenvalue weighted by Crippen LogP contribution is 2.15. The van der Waals surface area contributed by atoms with E-state index in [1.165, 1.54) is 4.68 Å². The minimum absolute atomic E-state index is 0.121. The zero-order chi connectivity index (χ0) is 13.8. The molecule has 0 amide bonds. The van der Waals surface area contributed by atoms with Crippen LogP contribution in [-0.2, 0) is 20.0 Å². The summed E-state index contributed by atoms with van der Waals surface area (Å²) in [5, 5.41) is 7.28. The van der Waals surface area contributed by atoms with Gasteiger partial charge in [-0.05, 0) is 22.9 Å². The van der Waals surface area contributed by atoms with Gasteiger partial charge in [0.1, 0.15) is 10.3 Å². The first-order valence-electron chi connectivity index (χ1n) is 6.09. The molecule has 0 aromatic carbocycles. The monoisotopic (exact) mass is 325 g/mol. The van der Waals surface area contributed by atoms with Gasteiger partial charge in [0.25, 0.3) is 5.56 Å². The third-order valence-corrected chi connectivity index (χ3v) is 3.64. The van der Waals surface area contributed by atoms with Crippen LogP contribution < -0.4 is 10.9 Å². The summed E-state index contributed by atoms with van der Waals surface area (Å²) in [6.45, 7) is 3.14. The van der Waals surface area contributed by atoms with Crippen molar-refractivity contribution in [3.8, 4) is 0 Å². The van der Waals surface area contributed by atoms with Crippen molar-refractivity contribution in [2.24, 2.45) is 7.05 Å². The molecule has 0 spiro atoms. The smallest absolute Gasteiger partial charge is 0.283 e. The number of hydrogen-bond donors (Lipinski definition) is 1. The molecule has 0 aliphatic heterocycles. The van der Waals surface area contributed by atoms with Crippen LogP contribution in [0.4, 0.5) is 5.69 Å². The lowest BCUT2D eigenvalue weighted by Gasteiger charge is -2.09. The Labute approximate surface area is 119 Å². The Morgan fingerprint density at radius 3 is 2.89 bits per heavy atom. The molecule has 2 rings (SSSR count). The number of nitrogens with zero attached hydrogens (tertiary/aromatic N) is 4. The van der Waals surface area contributed by atoms with Gasteiger partial charge in [-0.3, -0.25) is 4.79 Å². The van der Waals surface area contributed by atoms with E-state index in [-0.39, 0.29) is 5.56 Å². The molecule has 0 saturated heterocycles. The molecule has 0 bridgehead atoms. The summed E-state index contributed by atoms with van der Waals surface area (Å²) in [6.07, 6.45) is 6.13. The molecule has 0 aliphatic carbocycles. The Morgan fingerprint density at radius 2 is 2.26 bits per heavy atom. The Hall–Kier alpha value is -1.63. The van der Waals surface area contributed by atoms with Crippen molar-refractivity contribution in [2.75, 3.05) is 11.9 Å².